The van der Waals surface area contributed by atoms with E-state index < -0.39 is 34.2 Å². The fraction of sp³-hybridized carbons (Fsp3) is 0.452. The van der Waals surface area contributed by atoms with E-state index >= 15 is 0 Å². The van der Waals surface area contributed by atoms with Crippen LogP contribution in [0.5, 0.6) is 0 Å². The summed E-state index contributed by atoms with van der Waals surface area (Å²) in [6.45, 7) is 3.91. The van der Waals surface area contributed by atoms with Crippen LogP contribution in [0.4, 0.5) is 23.7 Å². The third-order valence-corrected chi connectivity index (χ3v) is 9.81. The molecule has 1 fully saturated rings. The molecule has 0 aromatic heterocycles. The Balaban J connectivity index is 1.36. The van der Waals surface area contributed by atoms with E-state index in [-0.39, 0.29) is 38.3 Å². The van der Waals surface area contributed by atoms with Gasteiger partial charge in [-0.2, -0.15) is 17.5 Å². The number of urea groups is 1. The number of carbonyl (C=O) groups excluding carboxylic acids is 2. The first-order valence-corrected chi connectivity index (χ1v) is 16.0. The molecule has 2 aromatic carbocycles. The number of nitrogens with two attached hydrogens (primary N) is 1. The molecule has 2 aliphatic heterocycles. The molecule has 1 spiro atoms. The molecule has 2 aliphatic rings. The molecule has 0 saturated carbocycles. The minimum Gasteiger partial charge on any atom is -0.351 e. The van der Waals surface area contributed by atoms with Crippen molar-refractivity contribution in [1.82, 2.24) is 9.62 Å². The number of sulfonamides is 1. The molecule has 0 aliphatic carbocycles. The average Bonchev–Trinajstić information content (AvgIpc) is 3.26. The third kappa shape index (κ3) is 7.86. The van der Waals surface area contributed by atoms with Crippen LogP contribution in [0.2, 0.25) is 0 Å². The number of nitrogens with zero attached hydrogens (tertiary/aromatic N) is 3. The van der Waals surface area contributed by atoms with Gasteiger partial charge < -0.3 is 11.1 Å². The summed E-state index contributed by atoms with van der Waals surface area (Å²) in [6.07, 6.45) is -0.933. The lowest BCUT2D eigenvalue weighted by Crippen LogP contribution is -2.50. The fourth-order valence-electron chi connectivity index (χ4n) is 5.54. The Kier molecular flexibility index (Phi) is 9.89. The Morgan fingerprint density at radius 1 is 1.09 bits per heavy atom. The molecule has 0 bridgehead atoms. The Bertz CT molecular complexity index is 1540. The number of aliphatic imine (C=N–C) groups is 1. The first-order valence-electron chi connectivity index (χ1n) is 14.5. The van der Waals surface area contributed by atoms with Crippen molar-refractivity contribution in [1.29, 1.82) is 0 Å². The fourth-order valence-corrected chi connectivity index (χ4v) is 6.71. The van der Waals surface area contributed by atoms with Crippen molar-refractivity contribution in [3.63, 3.8) is 0 Å². The zero-order chi connectivity index (χ0) is 32.3. The maximum atomic E-state index is 13.2. The van der Waals surface area contributed by atoms with Crippen LogP contribution in [-0.4, -0.2) is 62.3 Å². The molecule has 3 N–H and O–H groups in total. The Labute approximate surface area is 256 Å². The molecule has 9 nitrogen and oxygen atoms in total. The van der Waals surface area contributed by atoms with Gasteiger partial charge in [-0.1, -0.05) is 30.7 Å². The lowest BCUT2D eigenvalue weighted by molar-refractivity contribution is -0.135. The van der Waals surface area contributed by atoms with E-state index in [2.05, 4.69) is 5.32 Å². The lowest BCUT2D eigenvalue weighted by Gasteiger charge is -2.34. The van der Waals surface area contributed by atoms with E-state index in [9.17, 15) is 31.2 Å². The highest BCUT2D eigenvalue weighted by Gasteiger charge is 2.47. The number of primary amides is 1. The van der Waals surface area contributed by atoms with Gasteiger partial charge in [0.05, 0.1) is 0 Å². The molecule has 0 unspecified atom stereocenters. The number of benzene rings is 2. The number of hydrogen-bond donors (Lipinski definition) is 2. The number of amidine groups is 1. The van der Waals surface area contributed by atoms with Crippen molar-refractivity contribution in [2.45, 2.75) is 70.5 Å². The zero-order valence-electron chi connectivity index (χ0n) is 25.1. The van der Waals surface area contributed by atoms with Crippen LogP contribution in [0.1, 0.15) is 66.3 Å². The van der Waals surface area contributed by atoms with Crippen molar-refractivity contribution < 1.29 is 31.2 Å². The quantitative estimate of drug-likeness (QED) is 0.349. The zero-order valence-corrected chi connectivity index (χ0v) is 25.9. The van der Waals surface area contributed by atoms with Crippen LogP contribution >= 0.6 is 0 Å². The first-order chi connectivity index (χ1) is 20.6. The van der Waals surface area contributed by atoms with Crippen molar-refractivity contribution >= 4 is 39.6 Å². The van der Waals surface area contributed by atoms with Crippen LogP contribution in [0, 0.1) is 13.8 Å². The molecule has 4 rings (SSSR count). The van der Waals surface area contributed by atoms with Gasteiger partial charge in [0.1, 0.15) is 11.4 Å². The molecule has 0 radical (unpaired) electrons. The minimum atomic E-state index is -4.12. The van der Waals surface area contributed by atoms with Gasteiger partial charge in [-0.05, 0) is 86.4 Å². The van der Waals surface area contributed by atoms with Gasteiger partial charge in [0.15, 0.2) is 0 Å². The normalized spacial score (nSPS) is 17.2. The number of rotatable bonds is 10. The molecule has 2 aromatic rings. The van der Waals surface area contributed by atoms with Crippen molar-refractivity contribution in [3.8, 4) is 0 Å². The highest BCUT2D eigenvalue weighted by Crippen LogP contribution is 2.33. The smallest absolute Gasteiger partial charge is 0.351 e. The average molecular weight is 634 g/mol. The van der Waals surface area contributed by atoms with E-state index in [1.165, 1.54) is 14.6 Å². The molecule has 1 saturated heterocycles. The second-order valence-corrected chi connectivity index (χ2v) is 13.3. The monoisotopic (exact) mass is 633 g/mol. The van der Waals surface area contributed by atoms with Gasteiger partial charge in [0, 0.05) is 43.2 Å². The van der Waals surface area contributed by atoms with E-state index in [0.29, 0.717) is 36.3 Å². The number of halogens is 3. The number of nitrogens with one attached hydrogen (secondary N) is 1. The summed E-state index contributed by atoms with van der Waals surface area (Å²) in [5, 5.41) is 4.01. The highest BCUT2D eigenvalue weighted by atomic mass is 32.2. The van der Waals surface area contributed by atoms with Gasteiger partial charge >= 0.3 is 12.2 Å². The molecule has 44 heavy (non-hydrogen) atoms. The summed E-state index contributed by atoms with van der Waals surface area (Å²) in [7, 11) is -2.21. The van der Waals surface area contributed by atoms with Crippen LogP contribution < -0.4 is 16.0 Å². The largest absolute Gasteiger partial charge is 0.389 e. The third-order valence-electron chi connectivity index (χ3n) is 8.25. The molecule has 13 heteroatoms. The van der Waals surface area contributed by atoms with Gasteiger partial charge in [0.25, 0.3) is 5.91 Å². The number of anilines is 1. The maximum absolute atomic E-state index is 13.2. The van der Waals surface area contributed by atoms with Crippen molar-refractivity contribution in [2.75, 3.05) is 25.0 Å². The van der Waals surface area contributed by atoms with Gasteiger partial charge in [-0.25, -0.2) is 13.2 Å². The molecular formula is C31H38F3N5O4S. The van der Waals surface area contributed by atoms with Crippen molar-refractivity contribution in [2.24, 2.45) is 10.7 Å². The van der Waals surface area contributed by atoms with Crippen molar-refractivity contribution in [3.05, 3.63) is 69.6 Å². The number of piperidine rings is 1. The Morgan fingerprint density at radius 2 is 1.70 bits per heavy atom. The summed E-state index contributed by atoms with van der Waals surface area (Å²) in [6, 6.07) is 10.3. The molecule has 2 heterocycles. The topological polar surface area (TPSA) is 125 Å². The summed E-state index contributed by atoms with van der Waals surface area (Å²) in [4.78, 5) is 30.6. The van der Waals surface area contributed by atoms with Crippen LogP contribution in [0.25, 0.3) is 6.08 Å². The van der Waals surface area contributed by atoms with E-state index in [1.54, 1.807) is 25.3 Å². The standard InChI is InChI=1S/C31H38F3N5O4S/c1-21-19-25(38(3)29(35)41)20-22(2)26(21)12-18-44(42,43)39-16-14-30(15-17-39)28(40)36-27(37-30)24-10-8-23(9-11-24)7-5-4-6-13-31(32,33)34/h8-12,18-20H,4-7,13-17H2,1-3H3,(H2,35,41)(H,36,37,40)/b18-12+. The number of unbranched alkanes of at least 4 members (excludes halogenated alkanes) is 2. The van der Waals surface area contributed by atoms with Crippen LogP contribution in [0.3, 0.4) is 0 Å². The molecule has 238 valence electrons. The second-order valence-electron chi connectivity index (χ2n) is 11.5. The predicted molar refractivity (Wildman–Crippen MR) is 165 cm³/mol. The Hall–Kier alpha value is -3.71. The van der Waals surface area contributed by atoms with E-state index in [1.807, 2.05) is 38.1 Å². The molecule has 0 atom stereocenters. The summed E-state index contributed by atoms with van der Waals surface area (Å²) in [5.74, 6) is 0.167. The van der Waals surface area contributed by atoms with E-state index in [0.717, 1.165) is 22.3 Å². The summed E-state index contributed by atoms with van der Waals surface area (Å²) >= 11 is 0. The SMILES string of the molecule is Cc1cc(N(C)C(N)=O)cc(C)c1/C=C/S(=O)(=O)N1CCC2(CC1)N=C(c1ccc(CCCCCC(F)(F)F)cc1)NC2=O. The van der Waals surface area contributed by atoms with Gasteiger partial charge in [-0.3, -0.25) is 14.7 Å². The molecule has 3 amide bonds. The number of hydrogen-bond acceptors (Lipinski definition) is 5. The first kappa shape index (κ1) is 33.2. The number of amides is 3. The molecular weight excluding hydrogens is 595 g/mol. The maximum Gasteiger partial charge on any atom is 0.389 e. The Morgan fingerprint density at radius 3 is 2.27 bits per heavy atom. The predicted octanol–water partition coefficient (Wildman–Crippen LogP) is 5.20. The lowest BCUT2D eigenvalue weighted by atomic mass is 9.89. The minimum absolute atomic E-state index is 0.117. The van der Waals surface area contributed by atoms with E-state index in [4.69, 9.17) is 10.7 Å². The van der Waals surface area contributed by atoms with Crippen LogP contribution in [-0.2, 0) is 21.2 Å². The number of alkyl halides is 3. The summed E-state index contributed by atoms with van der Waals surface area (Å²) in [5.41, 5.74) is 8.93. The van der Waals surface area contributed by atoms with Crippen LogP contribution in [0.15, 0.2) is 46.8 Å². The van der Waals surface area contributed by atoms with Gasteiger partial charge in [-0.15, -0.1) is 0 Å². The summed E-state index contributed by atoms with van der Waals surface area (Å²) < 4.78 is 64.6. The van der Waals surface area contributed by atoms with Gasteiger partial charge in [0.2, 0.25) is 10.0 Å². The number of carbonyl (C=O) groups is 2. The number of aryl methyl sites for hydroxylation is 3. The highest BCUT2D eigenvalue weighted by molar-refractivity contribution is 7.92. The second kappa shape index (κ2) is 13.1.